The highest BCUT2D eigenvalue weighted by molar-refractivity contribution is 5.98. The first kappa shape index (κ1) is 21.3. The van der Waals surface area contributed by atoms with E-state index in [2.05, 4.69) is 9.97 Å². The van der Waals surface area contributed by atoms with Gasteiger partial charge >= 0.3 is 0 Å². The molecule has 1 atom stereocenters. The summed E-state index contributed by atoms with van der Waals surface area (Å²) in [5.41, 5.74) is 1.78. The van der Waals surface area contributed by atoms with Crippen LogP contribution in [0.15, 0.2) is 47.3 Å². The van der Waals surface area contributed by atoms with Crippen LogP contribution in [0.2, 0.25) is 0 Å². The van der Waals surface area contributed by atoms with Crippen molar-refractivity contribution >= 4 is 27.6 Å². The van der Waals surface area contributed by atoms with Crippen LogP contribution < -0.4 is 5.56 Å². The Kier molecular flexibility index (Phi) is 5.22. The SMILES string of the molecule is CN(C(=O)c1cc2ccccc2[nH]1)[C@@H]1CN(CCO)Cc2[nH]c(=O)c3cc(F)c(F)cc3c21. The summed E-state index contributed by atoms with van der Waals surface area (Å²) in [7, 11) is 1.64. The van der Waals surface area contributed by atoms with Gasteiger partial charge in [0.2, 0.25) is 0 Å². The molecule has 1 aliphatic rings. The number of hydrogen-bond donors (Lipinski definition) is 3. The minimum absolute atomic E-state index is 0.0275. The molecule has 5 rings (SSSR count). The Morgan fingerprint density at radius 1 is 1.15 bits per heavy atom. The van der Waals surface area contributed by atoms with Gasteiger partial charge in [0.1, 0.15) is 5.69 Å². The van der Waals surface area contributed by atoms with Gasteiger partial charge in [-0.05, 0) is 29.7 Å². The summed E-state index contributed by atoms with van der Waals surface area (Å²) in [6.07, 6.45) is 0. The third kappa shape index (κ3) is 3.59. The maximum Gasteiger partial charge on any atom is 0.270 e. The van der Waals surface area contributed by atoms with Gasteiger partial charge in [-0.2, -0.15) is 0 Å². The smallest absolute Gasteiger partial charge is 0.270 e. The number of carbonyl (C=O) groups excluding carboxylic acids is 1. The standard InChI is InChI=1S/C24H22F2N4O3/c1-29(24(33)19-8-13-4-2-3-5-18(13)27-19)21-12-30(6-7-31)11-20-22(21)14-9-16(25)17(26)10-15(14)23(32)28-20/h2-5,8-10,21,27,31H,6-7,11-12H2,1H3,(H,28,32)/t21-/m1/s1. The lowest BCUT2D eigenvalue weighted by Gasteiger charge is -2.39. The van der Waals surface area contributed by atoms with Crippen molar-refractivity contribution in [3.8, 4) is 0 Å². The van der Waals surface area contributed by atoms with E-state index in [1.54, 1.807) is 13.1 Å². The molecule has 0 aliphatic carbocycles. The Hall–Kier alpha value is -3.56. The number of amides is 1. The summed E-state index contributed by atoms with van der Waals surface area (Å²) in [4.78, 5) is 35.4. The number of H-pyrrole nitrogens is 2. The van der Waals surface area contributed by atoms with Crippen LogP contribution in [0.25, 0.3) is 21.7 Å². The number of rotatable bonds is 4. The minimum atomic E-state index is -1.11. The zero-order chi connectivity index (χ0) is 23.3. The summed E-state index contributed by atoms with van der Waals surface area (Å²) in [5.74, 6) is -2.45. The molecule has 7 nitrogen and oxygen atoms in total. The van der Waals surface area contributed by atoms with Gasteiger partial charge in [0.15, 0.2) is 11.6 Å². The number of benzene rings is 2. The van der Waals surface area contributed by atoms with Gasteiger partial charge < -0.3 is 20.0 Å². The van der Waals surface area contributed by atoms with Crippen LogP contribution in [0.5, 0.6) is 0 Å². The summed E-state index contributed by atoms with van der Waals surface area (Å²) >= 11 is 0. The fraction of sp³-hybridized carbons (Fsp3) is 0.250. The number of β-amino-alcohol motifs (C(OH)–C–C–N with tert-alkyl or cyclic N) is 1. The summed E-state index contributed by atoms with van der Waals surface area (Å²) in [6, 6.07) is 10.6. The fourth-order valence-electron chi connectivity index (χ4n) is 4.67. The van der Waals surface area contributed by atoms with E-state index in [1.807, 2.05) is 29.2 Å². The van der Waals surface area contributed by atoms with Gasteiger partial charge in [-0.15, -0.1) is 0 Å². The number of aromatic amines is 2. The third-order valence-electron chi connectivity index (χ3n) is 6.30. The van der Waals surface area contributed by atoms with Crippen LogP contribution >= 0.6 is 0 Å². The molecule has 9 heteroatoms. The molecular weight excluding hydrogens is 430 g/mol. The van der Waals surface area contributed by atoms with Crippen LogP contribution in [0.3, 0.4) is 0 Å². The van der Waals surface area contributed by atoms with Crippen LogP contribution in [-0.2, 0) is 6.54 Å². The molecule has 2 aromatic heterocycles. The Balaban J connectivity index is 1.64. The van der Waals surface area contributed by atoms with Crippen molar-refractivity contribution in [2.45, 2.75) is 12.6 Å². The molecule has 3 N–H and O–H groups in total. The van der Waals surface area contributed by atoms with Crippen LogP contribution in [0.1, 0.15) is 27.8 Å². The monoisotopic (exact) mass is 452 g/mol. The fourth-order valence-corrected chi connectivity index (χ4v) is 4.67. The lowest BCUT2D eigenvalue weighted by Crippen LogP contribution is -2.45. The first-order valence-corrected chi connectivity index (χ1v) is 10.6. The zero-order valence-electron chi connectivity index (χ0n) is 17.9. The number of aromatic nitrogens is 2. The molecule has 3 heterocycles. The number of aliphatic hydroxyl groups excluding tert-OH is 1. The summed E-state index contributed by atoms with van der Waals surface area (Å²) in [6.45, 7) is 0.906. The van der Waals surface area contributed by atoms with Gasteiger partial charge in [0.05, 0.1) is 18.0 Å². The number of fused-ring (bicyclic) bond motifs is 4. The number of para-hydroxylation sites is 1. The van der Waals surface area contributed by atoms with E-state index in [1.165, 1.54) is 4.90 Å². The van der Waals surface area contributed by atoms with Crippen molar-refractivity contribution in [3.05, 3.63) is 81.4 Å². The average Bonchev–Trinajstić information content (AvgIpc) is 3.23. The maximum atomic E-state index is 14.2. The second-order valence-corrected chi connectivity index (χ2v) is 8.32. The predicted molar refractivity (Wildman–Crippen MR) is 120 cm³/mol. The van der Waals surface area contributed by atoms with Crippen LogP contribution in [0.4, 0.5) is 8.78 Å². The van der Waals surface area contributed by atoms with Crippen molar-refractivity contribution in [1.82, 2.24) is 19.8 Å². The topological polar surface area (TPSA) is 92.4 Å². The highest BCUT2D eigenvalue weighted by atomic mass is 19.2. The van der Waals surface area contributed by atoms with E-state index >= 15 is 0 Å². The lowest BCUT2D eigenvalue weighted by atomic mass is 9.92. The predicted octanol–water partition coefficient (Wildman–Crippen LogP) is 2.91. The Morgan fingerprint density at radius 3 is 2.61 bits per heavy atom. The number of carbonyl (C=O) groups is 1. The number of hydrogen-bond acceptors (Lipinski definition) is 4. The molecule has 33 heavy (non-hydrogen) atoms. The molecule has 2 aromatic carbocycles. The third-order valence-corrected chi connectivity index (χ3v) is 6.30. The second kappa shape index (κ2) is 8.09. The van der Waals surface area contributed by atoms with Crippen LogP contribution in [-0.4, -0.2) is 57.5 Å². The van der Waals surface area contributed by atoms with Gasteiger partial charge in [0.25, 0.3) is 11.5 Å². The highest BCUT2D eigenvalue weighted by Crippen LogP contribution is 2.35. The summed E-state index contributed by atoms with van der Waals surface area (Å²) < 4.78 is 28.1. The molecule has 0 fully saturated rings. The number of nitrogens with one attached hydrogen (secondary N) is 2. The molecular formula is C24H22F2N4O3. The van der Waals surface area contributed by atoms with E-state index in [-0.39, 0.29) is 23.3 Å². The van der Waals surface area contributed by atoms with Crippen molar-refractivity contribution < 1.29 is 18.7 Å². The lowest BCUT2D eigenvalue weighted by molar-refractivity contribution is 0.0636. The first-order chi connectivity index (χ1) is 15.9. The average molecular weight is 452 g/mol. The van der Waals surface area contributed by atoms with Crippen molar-refractivity contribution in [2.24, 2.45) is 0 Å². The number of nitrogens with zero attached hydrogens (tertiary/aromatic N) is 2. The molecule has 0 radical (unpaired) electrons. The maximum absolute atomic E-state index is 14.2. The number of pyridine rings is 1. The highest BCUT2D eigenvalue weighted by Gasteiger charge is 2.34. The summed E-state index contributed by atoms with van der Waals surface area (Å²) in [5, 5.41) is 10.7. The Labute approximate surface area is 187 Å². The van der Waals surface area contributed by atoms with E-state index in [0.717, 1.165) is 23.0 Å². The van der Waals surface area contributed by atoms with Gasteiger partial charge in [0, 0.05) is 48.8 Å². The second-order valence-electron chi connectivity index (χ2n) is 8.32. The zero-order valence-corrected chi connectivity index (χ0v) is 17.9. The molecule has 1 aliphatic heterocycles. The molecule has 0 saturated carbocycles. The number of halogens is 2. The molecule has 4 aromatic rings. The normalized spacial score (nSPS) is 16.3. The Morgan fingerprint density at radius 2 is 1.88 bits per heavy atom. The molecule has 0 unspecified atom stereocenters. The van der Waals surface area contributed by atoms with E-state index in [9.17, 15) is 23.5 Å². The van der Waals surface area contributed by atoms with Gasteiger partial charge in [-0.1, -0.05) is 18.2 Å². The first-order valence-electron chi connectivity index (χ1n) is 10.6. The largest absolute Gasteiger partial charge is 0.395 e. The molecule has 170 valence electrons. The molecule has 1 amide bonds. The molecule has 0 saturated heterocycles. The Bertz CT molecular complexity index is 1410. The van der Waals surface area contributed by atoms with Crippen molar-refractivity contribution in [3.63, 3.8) is 0 Å². The molecule has 0 bridgehead atoms. The minimum Gasteiger partial charge on any atom is -0.395 e. The van der Waals surface area contributed by atoms with E-state index in [0.29, 0.717) is 36.6 Å². The number of aliphatic hydroxyl groups is 1. The van der Waals surface area contributed by atoms with E-state index < -0.39 is 23.2 Å². The van der Waals surface area contributed by atoms with Crippen molar-refractivity contribution in [1.29, 1.82) is 0 Å². The van der Waals surface area contributed by atoms with Crippen LogP contribution in [0, 0.1) is 11.6 Å². The van der Waals surface area contributed by atoms with Gasteiger partial charge in [-0.25, -0.2) is 8.78 Å². The van der Waals surface area contributed by atoms with Gasteiger partial charge in [-0.3, -0.25) is 14.5 Å². The molecule has 0 spiro atoms. The quantitative estimate of drug-likeness (QED) is 0.444. The van der Waals surface area contributed by atoms with Crippen molar-refractivity contribution in [2.75, 3.05) is 26.7 Å². The van der Waals surface area contributed by atoms with E-state index in [4.69, 9.17) is 0 Å². The number of likely N-dealkylation sites (N-methyl/N-ethyl adjacent to an activating group) is 1.